The quantitative estimate of drug-likeness (QED) is 0.245. The van der Waals surface area contributed by atoms with E-state index in [4.69, 9.17) is 16.2 Å². The van der Waals surface area contributed by atoms with Gasteiger partial charge in [-0.1, -0.05) is 0 Å². The fraction of sp³-hybridized carbons (Fsp3) is 0.750. The van der Waals surface area contributed by atoms with Crippen LogP contribution in [0.3, 0.4) is 0 Å². The lowest BCUT2D eigenvalue weighted by atomic mass is 10.1. The Labute approximate surface area is 77.8 Å². The second-order valence-corrected chi connectivity index (χ2v) is 2.84. The number of aliphatic hydroxyl groups excluding tert-OH is 1. The van der Waals surface area contributed by atoms with Crippen LogP contribution in [0.2, 0.25) is 0 Å². The van der Waals surface area contributed by atoms with Crippen molar-refractivity contribution in [2.75, 3.05) is 6.54 Å². The molecule has 1 atom stereocenters. The molecule has 1 unspecified atom stereocenters. The lowest BCUT2D eigenvalue weighted by Crippen LogP contribution is -2.30. The van der Waals surface area contributed by atoms with Crippen LogP contribution in [0.4, 0.5) is 0 Å². The topological polar surface area (TPSA) is 99.2 Å². The molecule has 0 spiro atoms. The van der Waals surface area contributed by atoms with Gasteiger partial charge in [-0.25, -0.2) is 0 Å². The zero-order valence-electron chi connectivity index (χ0n) is 7.55. The number of hydrogen-bond donors (Lipinski definition) is 4. The van der Waals surface area contributed by atoms with E-state index in [1.807, 2.05) is 0 Å². The molecule has 75 valence electrons. The van der Waals surface area contributed by atoms with E-state index in [2.05, 4.69) is 5.32 Å². The van der Waals surface area contributed by atoms with Gasteiger partial charge in [0.05, 0.1) is 6.10 Å². The van der Waals surface area contributed by atoms with Gasteiger partial charge >= 0.3 is 0 Å². The molecular formula is C8H16N3O2. The van der Waals surface area contributed by atoms with Crippen LogP contribution in [0.25, 0.3) is 0 Å². The lowest BCUT2D eigenvalue weighted by Gasteiger charge is -2.06. The number of aliphatic hydroxyl groups is 1. The Balaban J connectivity index is 3.15. The molecule has 0 rings (SSSR count). The Hall–Kier alpha value is -1.10. The van der Waals surface area contributed by atoms with Crippen LogP contribution >= 0.6 is 0 Å². The van der Waals surface area contributed by atoms with E-state index in [0.29, 0.717) is 13.0 Å². The Bertz CT molecular complexity index is 161. The maximum absolute atomic E-state index is 9.85. The fourth-order valence-electron chi connectivity index (χ4n) is 0.926. The first kappa shape index (κ1) is 11.9. The molecular weight excluding hydrogens is 170 g/mol. The minimum atomic E-state index is -0.574. The molecule has 0 aromatic carbocycles. The summed E-state index contributed by atoms with van der Waals surface area (Å²) in [6, 6.07) is 0. The van der Waals surface area contributed by atoms with Gasteiger partial charge in [0.15, 0.2) is 5.96 Å². The van der Waals surface area contributed by atoms with Crippen molar-refractivity contribution in [3.63, 3.8) is 0 Å². The van der Waals surface area contributed by atoms with E-state index < -0.39 is 6.10 Å². The highest BCUT2D eigenvalue weighted by atomic mass is 16.3. The first-order chi connectivity index (χ1) is 6.16. The van der Waals surface area contributed by atoms with Crippen LogP contribution in [0, 0.1) is 5.41 Å². The highest BCUT2D eigenvalue weighted by Gasteiger charge is 2.02. The van der Waals surface area contributed by atoms with E-state index in [9.17, 15) is 4.79 Å². The monoisotopic (exact) mass is 186 g/mol. The predicted molar refractivity (Wildman–Crippen MR) is 50.1 cm³/mol. The number of guanidine groups is 1. The molecule has 5 nitrogen and oxygen atoms in total. The summed E-state index contributed by atoms with van der Waals surface area (Å²) in [7, 11) is 0. The maximum atomic E-state index is 9.85. The van der Waals surface area contributed by atoms with Crippen LogP contribution in [0.5, 0.6) is 0 Å². The predicted octanol–water partition coefficient (Wildman–Crippen LogP) is -0.500. The summed E-state index contributed by atoms with van der Waals surface area (Å²) >= 11 is 0. The number of rotatable bonds is 7. The van der Waals surface area contributed by atoms with Crippen molar-refractivity contribution in [2.45, 2.75) is 31.8 Å². The first-order valence-corrected chi connectivity index (χ1v) is 4.27. The van der Waals surface area contributed by atoms with E-state index in [0.717, 1.165) is 12.8 Å². The van der Waals surface area contributed by atoms with Crippen LogP contribution in [-0.4, -0.2) is 30.0 Å². The Morgan fingerprint density at radius 2 is 2.31 bits per heavy atom. The van der Waals surface area contributed by atoms with Gasteiger partial charge in [0.25, 0.3) is 0 Å². The molecule has 5 N–H and O–H groups in total. The average molecular weight is 186 g/mol. The average Bonchev–Trinajstić information content (AvgIpc) is 2.03. The molecule has 0 fully saturated rings. The minimum absolute atomic E-state index is 0.0400. The van der Waals surface area contributed by atoms with Gasteiger partial charge in [-0.3, -0.25) is 10.2 Å². The molecule has 0 heterocycles. The largest absolute Gasteiger partial charge is 0.393 e. The number of unbranched alkanes of at least 4 members (excludes halogenated alkanes) is 1. The maximum Gasteiger partial charge on any atom is 0.201 e. The SMILES string of the molecule is N=C(N)NCCCCC(O)C[C]=O. The standard InChI is InChI=1S/C8H16N3O2/c9-8(10)11-5-2-1-3-7(13)4-6-12/h7,13H,1-5H2,(H4,9,10,11). The van der Waals surface area contributed by atoms with Gasteiger partial charge in [-0.2, -0.15) is 0 Å². The third-order valence-corrected chi connectivity index (χ3v) is 1.60. The van der Waals surface area contributed by atoms with Gasteiger partial charge in [0.1, 0.15) is 0 Å². The summed E-state index contributed by atoms with van der Waals surface area (Å²) in [6.07, 6.45) is 3.40. The van der Waals surface area contributed by atoms with Crippen LogP contribution in [0.15, 0.2) is 0 Å². The van der Waals surface area contributed by atoms with Crippen molar-refractivity contribution in [1.29, 1.82) is 5.41 Å². The molecule has 0 aromatic heterocycles. The van der Waals surface area contributed by atoms with Crippen molar-refractivity contribution in [1.82, 2.24) is 5.32 Å². The van der Waals surface area contributed by atoms with Crippen molar-refractivity contribution >= 4 is 12.2 Å². The van der Waals surface area contributed by atoms with Gasteiger partial charge in [0.2, 0.25) is 6.29 Å². The highest BCUT2D eigenvalue weighted by molar-refractivity contribution is 5.74. The van der Waals surface area contributed by atoms with Crippen LogP contribution in [0.1, 0.15) is 25.7 Å². The van der Waals surface area contributed by atoms with Crippen LogP contribution < -0.4 is 11.1 Å². The molecule has 0 aliphatic carbocycles. The molecule has 0 aromatic rings. The third kappa shape index (κ3) is 8.81. The van der Waals surface area contributed by atoms with Crippen molar-refractivity contribution in [3.05, 3.63) is 0 Å². The van der Waals surface area contributed by atoms with Gasteiger partial charge in [-0.15, -0.1) is 0 Å². The summed E-state index contributed by atoms with van der Waals surface area (Å²) in [4.78, 5) is 9.85. The van der Waals surface area contributed by atoms with Crippen LogP contribution in [-0.2, 0) is 4.79 Å². The second-order valence-electron chi connectivity index (χ2n) is 2.84. The smallest absolute Gasteiger partial charge is 0.201 e. The zero-order chi connectivity index (χ0) is 10.1. The molecule has 1 radical (unpaired) electrons. The number of nitrogens with two attached hydrogens (primary N) is 1. The van der Waals surface area contributed by atoms with Crippen molar-refractivity contribution < 1.29 is 9.90 Å². The van der Waals surface area contributed by atoms with E-state index in [1.54, 1.807) is 6.29 Å². The summed E-state index contributed by atoms with van der Waals surface area (Å²) < 4.78 is 0. The Morgan fingerprint density at radius 3 is 2.85 bits per heavy atom. The zero-order valence-corrected chi connectivity index (χ0v) is 7.55. The molecule has 5 heteroatoms. The van der Waals surface area contributed by atoms with Gasteiger partial charge < -0.3 is 16.2 Å². The number of hydrogen-bond acceptors (Lipinski definition) is 3. The molecule has 13 heavy (non-hydrogen) atoms. The minimum Gasteiger partial charge on any atom is -0.393 e. The highest BCUT2D eigenvalue weighted by Crippen LogP contribution is 2.01. The summed E-state index contributed by atoms with van der Waals surface area (Å²) in [5, 5.41) is 18.6. The second kappa shape index (κ2) is 7.54. The van der Waals surface area contributed by atoms with Gasteiger partial charge in [-0.05, 0) is 19.3 Å². The Kier molecular flexibility index (Phi) is 6.91. The Morgan fingerprint density at radius 1 is 1.62 bits per heavy atom. The van der Waals surface area contributed by atoms with E-state index in [1.165, 1.54) is 0 Å². The molecule has 0 aliphatic rings. The van der Waals surface area contributed by atoms with Crippen molar-refractivity contribution in [2.24, 2.45) is 5.73 Å². The third-order valence-electron chi connectivity index (χ3n) is 1.60. The number of nitrogens with one attached hydrogen (secondary N) is 2. The summed E-state index contributed by atoms with van der Waals surface area (Å²) in [6.45, 7) is 0.632. The summed E-state index contributed by atoms with van der Waals surface area (Å²) in [5.74, 6) is -0.0400. The molecule has 0 bridgehead atoms. The molecule has 0 aliphatic heterocycles. The molecule has 0 amide bonds. The summed E-state index contributed by atoms with van der Waals surface area (Å²) in [5.41, 5.74) is 5.05. The fourth-order valence-corrected chi connectivity index (χ4v) is 0.926. The van der Waals surface area contributed by atoms with E-state index >= 15 is 0 Å². The molecule has 0 saturated heterocycles. The number of carbonyl (C=O) groups excluding carboxylic acids is 1. The van der Waals surface area contributed by atoms with Crippen molar-refractivity contribution in [3.8, 4) is 0 Å². The normalized spacial score (nSPS) is 12.1. The lowest BCUT2D eigenvalue weighted by molar-refractivity contribution is 0.167. The van der Waals surface area contributed by atoms with Gasteiger partial charge in [0, 0.05) is 13.0 Å². The molecule has 0 saturated carbocycles. The van der Waals surface area contributed by atoms with E-state index in [-0.39, 0.29) is 12.4 Å². The first-order valence-electron chi connectivity index (χ1n) is 4.27.